The highest BCUT2D eigenvalue weighted by Gasteiger charge is 2.27. The van der Waals surface area contributed by atoms with Crippen LogP contribution in [0.15, 0.2) is 11.4 Å². The van der Waals surface area contributed by atoms with E-state index in [1.165, 1.54) is 10.4 Å². The first-order valence-corrected chi connectivity index (χ1v) is 6.09. The third-order valence-electron chi connectivity index (χ3n) is 3.26. The van der Waals surface area contributed by atoms with E-state index < -0.39 is 0 Å². The molecule has 2 unspecified atom stereocenters. The number of nitrogens with zero attached hydrogens (tertiary/aromatic N) is 1. The lowest BCUT2D eigenvalue weighted by Crippen LogP contribution is -2.36. The molecule has 2 N–H and O–H groups in total. The molecule has 1 saturated heterocycles. The van der Waals surface area contributed by atoms with Crippen LogP contribution in [0, 0.1) is 6.92 Å². The van der Waals surface area contributed by atoms with Crippen molar-refractivity contribution >= 4 is 11.3 Å². The van der Waals surface area contributed by atoms with E-state index in [9.17, 15) is 0 Å². The van der Waals surface area contributed by atoms with E-state index in [-0.39, 0.29) is 0 Å². The summed E-state index contributed by atoms with van der Waals surface area (Å²) >= 11 is 1.86. The monoisotopic (exact) mass is 210 g/mol. The average molecular weight is 210 g/mol. The van der Waals surface area contributed by atoms with Gasteiger partial charge >= 0.3 is 0 Å². The highest BCUT2D eigenvalue weighted by atomic mass is 32.1. The lowest BCUT2D eigenvalue weighted by Gasteiger charge is -2.22. The Morgan fingerprint density at radius 2 is 2.43 bits per heavy atom. The van der Waals surface area contributed by atoms with Gasteiger partial charge in [0.25, 0.3) is 0 Å². The molecule has 1 aromatic rings. The van der Waals surface area contributed by atoms with E-state index in [2.05, 4.69) is 30.2 Å². The second-order valence-corrected chi connectivity index (χ2v) is 5.19. The highest BCUT2D eigenvalue weighted by Crippen LogP contribution is 2.23. The SMILES string of the molecule is Cc1ccsc1CN1CCC(N)C1C. The van der Waals surface area contributed by atoms with Crippen molar-refractivity contribution in [3.8, 4) is 0 Å². The van der Waals surface area contributed by atoms with Crippen LogP contribution in [0.4, 0.5) is 0 Å². The van der Waals surface area contributed by atoms with Crippen LogP contribution in [0.3, 0.4) is 0 Å². The first-order chi connectivity index (χ1) is 6.68. The first-order valence-electron chi connectivity index (χ1n) is 5.21. The van der Waals surface area contributed by atoms with Crippen LogP contribution in [0.1, 0.15) is 23.8 Å². The Kier molecular flexibility index (Phi) is 2.91. The van der Waals surface area contributed by atoms with Gasteiger partial charge in [0.15, 0.2) is 0 Å². The number of rotatable bonds is 2. The average Bonchev–Trinajstić information content (AvgIpc) is 2.68. The Hall–Kier alpha value is -0.380. The Morgan fingerprint density at radius 1 is 1.64 bits per heavy atom. The Morgan fingerprint density at radius 3 is 2.93 bits per heavy atom. The normalized spacial score (nSPS) is 28.5. The summed E-state index contributed by atoms with van der Waals surface area (Å²) in [7, 11) is 0. The van der Waals surface area contributed by atoms with Crippen LogP contribution in [0.25, 0.3) is 0 Å². The fourth-order valence-corrected chi connectivity index (χ4v) is 2.93. The summed E-state index contributed by atoms with van der Waals surface area (Å²) in [6.45, 7) is 6.66. The second-order valence-electron chi connectivity index (χ2n) is 4.19. The molecule has 0 bridgehead atoms. The van der Waals surface area contributed by atoms with Gasteiger partial charge in [0, 0.05) is 30.1 Å². The summed E-state index contributed by atoms with van der Waals surface area (Å²) in [5, 5.41) is 2.17. The number of hydrogen-bond donors (Lipinski definition) is 1. The van der Waals surface area contributed by atoms with E-state index in [0.717, 1.165) is 19.5 Å². The second kappa shape index (κ2) is 4.01. The third-order valence-corrected chi connectivity index (χ3v) is 4.27. The summed E-state index contributed by atoms with van der Waals surface area (Å²) in [6.07, 6.45) is 1.14. The van der Waals surface area contributed by atoms with Crippen LogP contribution in [-0.4, -0.2) is 23.5 Å². The lowest BCUT2D eigenvalue weighted by atomic mass is 10.1. The highest BCUT2D eigenvalue weighted by molar-refractivity contribution is 7.10. The van der Waals surface area contributed by atoms with E-state index in [1.807, 2.05) is 11.3 Å². The summed E-state index contributed by atoms with van der Waals surface area (Å²) in [6, 6.07) is 3.10. The van der Waals surface area contributed by atoms with E-state index in [0.29, 0.717) is 12.1 Å². The predicted octanol–water partition coefficient (Wildman–Crippen LogP) is 1.98. The number of hydrogen-bond acceptors (Lipinski definition) is 3. The first kappa shape index (κ1) is 10.1. The molecule has 78 valence electrons. The third kappa shape index (κ3) is 1.85. The molecule has 0 spiro atoms. The van der Waals surface area contributed by atoms with Crippen molar-refractivity contribution in [3.63, 3.8) is 0 Å². The molecular weight excluding hydrogens is 192 g/mol. The van der Waals surface area contributed by atoms with Crippen molar-refractivity contribution in [2.24, 2.45) is 5.73 Å². The zero-order valence-corrected chi connectivity index (χ0v) is 9.68. The molecule has 2 rings (SSSR count). The van der Waals surface area contributed by atoms with Gasteiger partial charge in [-0.3, -0.25) is 4.90 Å². The van der Waals surface area contributed by atoms with Gasteiger partial charge in [-0.05, 0) is 37.3 Å². The molecule has 2 atom stereocenters. The molecule has 14 heavy (non-hydrogen) atoms. The quantitative estimate of drug-likeness (QED) is 0.808. The topological polar surface area (TPSA) is 29.3 Å². The number of thiophene rings is 1. The Bertz CT molecular complexity index is 308. The zero-order chi connectivity index (χ0) is 10.1. The lowest BCUT2D eigenvalue weighted by molar-refractivity contribution is 0.253. The molecule has 1 aromatic heterocycles. The van der Waals surface area contributed by atoms with Crippen molar-refractivity contribution < 1.29 is 0 Å². The molecule has 0 aromatic carbocycles. The number of aryl methyl sites for hydroxylation is 1. The summed E-state index contributed by atoms with van der Waals surface area (Å²) in [4.78, 5) is 3.98. The Balaban J connectivity index is 2.02. The Labute approximate surface area is 89.7 Å². The summed E-state index contributed by atoms with van der Waals surface area (Å²) in [5.41, 5.74) is 7.42. The molecular formula is C11H18N2S. The molecule has 0 aliphatic carbocycles. The van der Waals surface area contributed by atoms with Crippen molar-refractivity contribution in [2.45, 2.75) is 38.9 Å². The van der Waals surface area contributed by atoms with Crippen LogP contribution in [0.5, 0.6) is 0 Å². The molecule has 1 aliphatic rings. The zero-order valence-electron chi connectivity index (χ0n) is 8.86. The minimum Gasteiger partial charge on any atom is -0.326 e. The van der Waals surface area contributed by atoms with Gasteiger partial charge < -0.3 is 5.73 Å². The van der Waals surface area contributed by atoms with E-state index in [4.69, 9.17) is 5.73 Å². The van der Waals surface area contributed by atoms with Gasteiger partial charge in [-0.15, -0.1) is 11.3 Å². The van der Waals surface area contributed by atoms with Gasteiger partial charge in [0.2, 0.25) is 0 Å². The van der Waals surface area contributed by atoms with Gasteiger partial charge in [-0.25, -0.2) is 0 Å². The molecule has 2 nitrogen and oxygen atoms in total. The standard InChI is InChI=1S/C11H18N2S/c1-8-4-6-14-11(8)7-13-5-3-10(12)9(13)2/h4,6,9-10H,3,5,7,12H2,1-2H3. The number of nitrogens with two attached hydrogens (primary N) is 1. The molecule has 2 heterocycles. The maximum absolute atomic E-state index is 6.00. The molecule has 0 radical (unpaired) electrons. The van der Waals surface area contributed by atoms with E-state index >= 15 is 0 Å². The van der Waals surface area contributed by atoms with E-state index in [1.54, 1.807) is 0 Å². The van der Waals surface area contributed by atoms with Gasteiger partial charge in [0.05, 0.1) is 0 Å². The number of likely N-dealkylation sites (tertiary alicyclic amines) is 1. The molecule has 0 amide bonds. The fourth-order valence-electron chi connectivity index (χ4n) is 2.00. The minimum atomic E-state index is 0.371. The largest absolute Gasteiger partial charge is 0.326 e. The molecule has 1 fully saturated rings. The van der Waals surface area contributed by atoms with Crippen LogP contribution >= 0.6 is 11.3 Å². The summed E-state index contributed by atoms with van der Waals surface area (Å²) < 4.78 is 0. The molecule has 3 heteroatoms. The minimum absolute atomic E-state index is 0.371. The fraction of sp³-hybridized carbons (Fsp3) is 0.636. The molecule has 0 saturated carbocycles. The van der Waals surface area contributed by atoms with Crippen LogP contribution in [-0.2, 0) is 6.54 Å². The van der Waals surface area contributed by atoms with Crippen molar-refractivity contribution in [1.82, 2.24) is 4.90 Å². The van der Waals surface area contributed by atoms with Gasteiger partial charge in [-0.2, -0.15) is 0 Å². The van der Waals surface area contributed by atoms with Crippen LogP contribution in [0.2, 0.25) is 0 Å². The van der Waals surface area contributed by atoms with Crippen molar-refractivity contribution in [2.75, 3.05) is 6.54 Å². The maximum Gasteiger partial charge on any atom is 0.0334 e. The van der Waals surface area contributed by atoms with Crippen LogP contribution < -0.4 is 5.73 Å². The summed E-state index contributed by atoms with van der Waals surface area (Å²) in [5.74, 6) is 0. The molecule has 1 aliphatic heterocycles. The van der Waals surface area contributed by atoms with Gasteiger partial charge in [-0.1, -0.05) is 0 Å². The smallest absolute Gasteiger partial charge is 0.0334 e. The van der Waals surface area contributed by atoms with Gasteiger partial charge in [0.1, 0.15) is 0 Å². The predicted molar refractivity (Wildman–Crippen MR) is 61.5 cm³/mol. The van der Waals surface area contributed by atoms with Crippen molar-refractivity contribution in [3.05, 3.63) is 21.9 Å². The maximum atomic E-state index is 6.00. The van der Waals surface area contributed by atoms with Crippen molar-refractivity contribution in [1.29, 1.82) is 0 Å².